The Bertz CT molecular complexity index is 329. The Balaban J connectivity index is 2.02. The lowest BCUT2D eigenvalue weighted by molar-refractivity contribution is -0.144. The van der Waals surface area contributed by atoms with Gasteiger partial charge in [-0.05, 0) is 25.7 Å². The standard InChI is InChI=1S/C12H21N3O3/c13-9(8-16)11(17)15-7-3-4-10(15)12(18)14-5-1-2-6-14/h9-10,16H,1-8,13H2. The first-order chi connectivity index (χ1) is 8.65. The topological polar surface area (TPSA) is 86.9 Å². The second-order valence-electron chi connectivity index (χ2n) is 5.01. The van der Waals surface area contributed by atoms with E-state index in [9.17, 15) is 9.59 Å². The normalized spacial score (nSPS) is 25.6. The van der Waals surface area contributed by atoms with Crippen LogP contribution in [0.2, 0.25) is 0 Å². The van der Waals surface area contributed by atoms with Crippen molar-refractivity contribution in [2.75, 3.05) is 26.2 Å². The molecule has 2 saturated heterocycles. The third-order valence-electron chi connectivity index (χ3n) is 3.75. The van der Waals surface area contributed by atoms with Crippen molar-refractivity contribution in [3.8, 4) is 0 Å². The van der Waals surface area contributed by atoms with Gasteiger partial charge in [0.15, 0.2) is 0 Å². The van der Waals surface area contributed by atoms with Crippen molar-refractivity contribution in [1.82, 2.24) is 9.80 Å². The van der Waals surface area contributed by atoms with Gasteiger partial charge in [-0.15, -0.1) is 0 Å². The number of aliphatic hydroxyl groups is 1. The van der Waals surface area contributed by atoms with Gasteiger partial charge in [0, 0.05) is 19.6 Å². The largest absolute Gasteiger partial charge is 0.394 e. The fourth-order valence-electron chi connectivity index (χ4n) is 2.73. The van der Waals surface area contributed by atoms with E-state index in [0.29, 0.717) is 13.0 Å². The Morgan fingerprint density at radius 1 is 1.22 bits per heavy atom. The van der Waals surface area contributed by atoms with E-state index >= 15 is 0 Å². The van der Waals surface area contributed by atoms with Crippen molar-refractivity contribution in [3.63, 3.8) is 0 Å². The molecule has 2 rings (SSSR count). The summed E-state index contributed by atoms with van der Waals surface area (Å²) in [5.74, 6) is -0.268. The van der Waals surface area contributed by atoms with Gasteiger partial charge in [-0.2, -0.15) is 0 Å². The maximum atomic E-state index is 12.3. The molecule has 3 N–H and O–H groups in total. The maximum absolute atomic E-state index is 12.3. The number of amides is 2. The summed E-state index contributed by atoms with van der Waals surface area (Å²) in [5.41, 5.74) is 5.55. The van der Waals surface area contributed by atoms with Crippen LogP contribution in [-0.2, 0) is 9.59 Å². The summed E-state index contributed by atoms with van der Waals surface area (Å²) < 4.78 is 0. The predicted molar refractivity (Wildman–Crippen MR) is 65.6 cm³/mol. The average Bonchev–Trinajstić information content (AvgIpc) is 3.06. The molecule has 2 unspecified atom stereocenters. The van der Waals surface area contributed by atoms with E-state index in [4.69, 9.17) is 10.8 Å². The van der Waals surface area contributed by atoms with Gasteiger partial charge in [-0.25, -0.2) is 0 Å². The van der Waals surface area contributed by atoms with Crippen LogP contribution in [0.5, 0.6) is 0 Å². The minimum absolute atomic E-state index is 0.0449. The molecule has 0 bridgehead atoms. The number of hydrogen-bond donors (Lipinski definition) is 2. The molecule has 6 heteroatoms. The number of rotatable bonds is 3. The minimum atomic E-state index is -0.906. The molecule has 0 aromatic rings. The molecule has 102 valence electrons. The molecule has 2 aliphatic rings. The van der Waals surface area contributed by atoms with E-state index in [2.05, 4.69) is 0 Å². The summed E-state index contributed by atoms with van der Waals surface area (Å²) in [5, 5.41) is 8.93. The number of hydrogen-bond acceptors (Lipinski definition) is 4. The fraction of sp³-hybridized carbons (Fsp3) is 0.833. The van der Waals surface area contributed by atoms with E-state index in [-0.39, 0.29) is 24.5 Å². The zero-order valence-electron chi connectivity index (χ0n) is 10.5. The Morgan fingerprint density at radius 2 is 1.89 bits per heavy atom. The zero-order valence-corrected chi connectivity index (χ0v) is 10.5. The third kappa shape index (κ3) is 2.49. The van der Waals surface area contributed by atoms with Gasteiger partial charge in [0.1, 0.15) is 12.1 Å². The second kappa shape index (κ2) is 5.67. The highest BCUT2D eigenvalue weighted by Gasteiger charge is 2.38. The molecule has 2 atom stereocenters. The number of nitrogens with two attached hydrogens (primary N) is 1. The summed E-state index contributed by atoms with van der Waals surface area (Å²) in [6.45, 7) is 1.78. The van der Waals surface area contributed by atoms with Crippen molar-refractivity contribution >= 4 is 11.8 Å². The fourth-order valence-corrected chi connectivity index (χ4v) is 2.73. The monoisotopic (exact) mass is 255 g/mol. The Hall–Kier alpha value is -1.14. The summed E-state index contributed by atoms with van der Waals surface area (Å²) in [7, 11) is 0. The SMILES string of the molecule is NC(CO)C(=O)N1CCCC1C(=O)N1CCCC1. The molecule has 2 heterocycles. The Kier molecular flexibility index (Phi) is 4.19. The van der Waals surface area contributed by atoms with Gasteiger partial charge in [0.2, 0.25) is 11.8 Å². The third-order valence-corrected chi connectivity index (χ3v) is 3.75. The number of carbonyl (C=O) groups is 2. The molecule has 2 fully saturated rings. The predicted octanol–water partition coefficient (Wildman–Crippen LogP) is -1.08. The van der Waals surface area contributed by atoms with Crippen LogP contribution in [0, 0.1) is 0 Å². The van der Waals surface area contributed by atoms with Crippen LogP contribution in [0.15, 0.2) is 0 Å². The smallest absolute Gasteiger partial charge is 0.245 e. The summed E-state index contributed by atoms with van der Waals surface area (Å²) in [6, 6.07) is -1.27. The Morgan fingerprint density at radius 3 is 2.50 bits per heavy atom. The zero-order chi connectivity index (χ0) is 13.1. The second-order valence-corrected chi connectivity index (χ2v) is 5.01. The number of aliphatic hydroxyl groups excluding tert-OH is 1. The minimum Gasteiger partial charge on any atom is -0.394 e. The van der Waals surface area contributed by atoms with Gasteiger partial charge in [-0.3, -0.25) is 9.59 Å². The molecule has 18 heavy (non-hydrogen) atoms. The highest BCUT2D eigenvalue weighted by atomic mass is 16.3. The summed E-state index contributed by atoms with van der Waals surface area (Å²) in [6.07, 6.45) is 3.62. The van der Waals surface area contributed by atoms with E-state index in [1.165, 1.54) is 0 Å². The number of carbonyl (C=O) groups excluding carboxylic acids is 2. The van der Waals surface area contributed by atoms with Gasteiger partial charge in [0.25, 0.3) is 0 Å². The van der Waals surface area contributed by atoms with E-state index < -0.39 is 6.04 Å². The first-order valence-corrected chi connectivity index (χ1v) is 6.61. The van der Waals surface area contributed by atoms with Gasteiger partial charge < -0.3 is 20.6 Å². The molecule has 0 spiro atoms. The lowest BCUT2D eigenvalue weighted by Gasteiger charge is -2.29. The molecule has 0 aliphatic carbocycles. The van der Waals surface area contributed by atoms with Crippen LogP contribution in [0.3, 0.4) is 0 Å². The molecule has 0 radical (unpaired) electrons. The highest BCUT2D eigenvalue weighted by Crippen LogP contribution is 2.22. The van der Waals surface area contributed by atoms with Gasteiger partial charge >= 0.3 is 0 Å². The summed E-state index contributed by atoms with van der Waals surface area (Å²) >= 11 is 0. The number of likely N-dealkylation sites (tertiary alicyclic amines) is 2. The maximum Gasteiger partial charge on any atom is 0.245 e. The van der Waals surface area contributed by atoms with Crippen LogP contribution in [0.25, 0.3) is 0 Å². The van der Waals surface area contributed by atoms with Crippen LogP contribution in [-0.4, -0.2) is 65.0 Å². The molecule has 2 aliphatic heterocycles. The first kappa shape index (κ1) is 13.3. The molecular formula is C12H21N3O3. The van der Waals surface area contributed by atoms with Crippen molar-refractivity contribution in [1.29, 1.82) is 0 Å². The van der Waals surface area contributed by atoms with E-state index in [1.54, 1.807) is 4.90 Å². The van der Waals surface area contributed by atoms with Crippen molar-refractivity contribution < 1.29 is 14.7 Å². The average molecular weight is 255 g/mol. The van der Waals surface area contributed by atoms with Gasteiger partial charge in [0.05, 0.1) is 6.61 Å². The molecule has 6 nitrogen and oxygen atoms in total. The highest BCUT2D eigenvalue weighted by molar-refractivity contribution is 5.90. The van der Waals surface area contributed by atoms with Crippen molar-refractivity contribution in [2.45, 2.75) is 37.8 Å². The van der Waals surface area contributed by atoms with E-state index in [1.807, 2.05) is 4.90 Å². The molecule has 0 aromatic carbocycles. The number of nitrogens with zero attached hydrogens (tertiary/aromatic N) is 2. The lowest BCUT2D eigenvalue weighted by Crippen LogP contribution is -2.52. The van der Waals surface area contributed by atoms with Gasteiger partial charge in [-0.1, -0.05) is 0 Å². The molecule has 0 aromatic heterocycles. The Labute approximate surface area is 107 Å². The molecular weight excluding hydrogens is 234 g/mol. The quantitative estimate of drug-likeness (QED) is 0.671. The van der Waals surface area contributed by atoms with Crippen molar-refractivity contribution in [2.24, 2.45) is 5.73 Å². The van der Waals surface area contributed by atoms with E-state index in [0.717, 1.165) is 32.4 Å². The van der Waals surface area contributed by atoms with Crippen LogP contribution in [0.1, 0.15) is 25.7 Å². The molecule has 0 saturated carbocycles. The molecule has 2 amide bonds. The van der Waals surface area contributed by atoms with Crippen LogP contribution >= 0.6 is 0 Å². The van der Waals surface area contributed by atoms with Crippen molar-refractivity contribution in [3.05, 3.63) is 0 Å². The first-order valence-electron chi connectivity index (χ1n) is 6.61. The van der Waals surface area contributed by atoms with Crippen LogP contribution < -0.4 is 5.73 Å². The lowest BCUT2D eigenvalue weighted by atomic mass is 10.1. The van der Waals surface area contributed by atoms with Crippen LogP contribution in [0.4, 0.5) is 0 Å². The summed E-state index contributed by atoms with van der Waals surface area (Å²) in [4.78, 5) is 27.7.